The molecular formula is C13H16FN3O. The van der Waals surface area contributed by atoms with Crippen LogP contribution < -0.4 is 10.6 Å². The van der Waals surface area contributed by atoms with Crippen LogP contribution in [0.3, 0.4) is 0 Å². The molecule has 0 aliphatic carbocycles. The van der Waals surface area contributed by atoms with Gasteiger partial charge in [0.1, 0.15) is 5.82 Å². The molecule has 0 aromatic heterocycles. The Bertz CT molecular complexity index is 442. The molecule has 0 aliphatic rings. The zero-order valence-corrected chi connectivity index (χ0v) is 10.2. The monoisotopic (exact) mass is 249 g/mol. The maximum atomic E-state index is 13.0. The van der Waals surface area contributed by atoms with Crippen LogP contribution >= 0.6 is 0 Å². The molecule has 0 aliphatic heterocycles. The molecule has 18 heavy (non-hydrogen) atoms. The molecule has 96 valence electrons. The minimum atomic E-state index is -0.292. The van der Waals surface area contributed by atoms with Crippen LogP contribution in [0.4, 0.5) is 4.39 Å². The average molecular weight is 249 g/mol. The minimum Gasteiger partial charge on any atom is -0.354 e. The van der Waals surface area contributed by atoms with Gasteiger partial charge in [0.15, 0.2) is 0 Å². The number of hydrogen-bond acceptors (Lipinski definition) is 3. The number of nitrogens with zero attached hydrogens (tertiary/aromatic N) is 1. The third-order valence-electron chi connectivity index (χ3n) is 2.48. The van der Waals surface area contributed by atoms with Crippen molar-refractivity contribution in [1.82, 2.24) is 10.6 Å². The number of nitrogens with one attached hydrogen (secondary N) is 2. The molecule has 0 radical (unpaired) electrons. The summed E-state index contributed by atoms with van der Waals surface area (Å²) in [6.07, 6.45) is 0.297. The van der Waals surface area contributed by atoms with Crippen molar-refractivity contribution in [3.05, 3.63) is 35.6 Å². The highest BCUT2D eigenvalue weighted by molar-refractivity contribution is 5.78. The van der Waals surface area contributed by atoms with Crippen molar-refractivity contribution in [3.63, 3.8) is 0 Å². The van der Waals surface area contributed by atoms with Gasteiger partial charge in [-0.1, -0.05) is 12.1 Å². The summed E-state index contributed by atoms with van der Waals surface area (Å²) in [7, 11) is 0. The first-order chi connectivity index (χ1) is 8.63. The van der Waals surface area contributed by atoms with Crippen LogP contribution in [0.5, 0.6) is 0 Å². The molecule has 0 saturated carbocycles. The first-order valence-corrected chi connectivity index (χ1v) is 5.76. The Morgan fingerprint density at radius 2 is 2.33 bits per heavy atom. The first kappa shape index (κ1) is 14.1. The van der Waals surface area contributed by atoms with E-state index < -0.39 is 0 Å². The molecule has 1 atom stereocenters. The summed E-state index contributed by atoms with van der Waals surface area (Å²) in [6, 6.07) is 8.08. The fourth-order valence-electron chi connectivity index (χ4n) is 1.46. The van der Waals surface area contributed by atoms with Crippen LogP contribution in [0.15, 0.2) is 24.3 Å². The predicted molar refractivity (Wildman–Crippen MR) is 66.1 cm³/mol. The summed E-state index contributed by atoms with van der Waals surface area (Å²) < 4.78 is 13.0. The summed E-state index contributed by atoms with van der Waals surface area (Å²) in [5.41, 5.74) is 0.792. The summed E-state index contributed by atoms with van der Waals surface area (Å²) in [5, 5.41) is 13.9. The number of hydrogen-bond donors (Lipinski definition) is 2. The lowest BCUT2D eigenvalue weighted by Gasteiger charge is -2.14. The highest BCUT2D eigenvalue weighted by Crippen LogP contribution is 2.12. The molecule has 1 aromatic carbocycles. The van der Waals surface area contributed by atoms with Gasteiger partial charge in [0.25, 0.3) is 0 Å². The van der Waals surface area contributed by atoms with E-state index in [1.54, 1.807) is 12.1 Å². The van der Waals surface area contributed by atoms with Gasteiger partial charge in [-0.3, -0.25) is 4.79 Å². The van der Waals surface area contributed by atoms with E-state index in [9.17, 15) is 9.18 Å². The van der Waals surface area contributed by atoms with Crippen molar-refractivity contribution in [2.24, 2.45) is 0 Å². The molecular weight excluding hydrogens is 233 g/mol. The van der Waals surface area contributed by atoms with E-state index >= 15 is 0 Å². The van der Waals surface area contributed by atoms with Crippen LogP contribution in [0.1, 0.15) is 24.9 Å². The zero-order valence-electron chi connectivity index (χ0n) is 10.2. The third-order valence-corrected chi connectivity index (χ3v) is 2.48. The normalized spacial score (nSPS) is 11.6. The van der Waals surface area contributed by atoms with Crippen molar-refractivity contribution < 1.29 is 9.18 Å². The molecule has 1 amide bonds. The van der Waals surface area contributed by atoms with E-state index in [0.717, 1.165) is 5.56 Å². The van der Waals surface area contributed by atoms with Gasteiger partial charge in [-0.15, -0.1) is 0 Å². The van der Waals surface area contributed by atoms with Crippen LogP contribution in [-0.4, -0.2) is 19.0 Å². The molecule has 1 unspecified atom stereocenters. The van der Waals surface area contributed by atoms with Crippen molar-refractivity contribution in [2.45, 2.75) is 19.4 Å². The Hall–Kier alpha value is -1.93. The van der Waals surface area contributed by atoms with Gasteiger partial charge in [-0.2, -0.15) is 5.26 Å². The van der Waals surface area contributed by atoms with E-state index in [-0.39, 0.29) is 24.3 Å². The van der Waals surface area contributed by atoms with E-state index in [0.29, 0.717) is 13.0 Å². The molecule has 0 heterocycles. The molecule has 4 nitrogen and oxygen atoms in total. The maximum absolute atomic E-state index is 13.0. The summed E-state index contributed by atoms with van der Waals surface area (Å²) >= 11 is 0. The standard InChI is InChI=1S/C13H16FN3O/c1-10(11-4-2-5-12(14)8-11)17-9-13(18)16-7-3-6-15/h2,4-5,8,10,17H,3,7,9H2,1H3,(H,16,18). The number of amides is 1. The van der Waals surface area contributed by atoms with Gasteiger partial charge in [0.2, 0.25) is 5.91 Å². The summed E-state index contributed by atoms with van der Waals surface area (Å²) in [6.45, 7) is 2.35. The van der Waals surface area contributed by atoms with E-state index in [2.05, 4.69) is 10.6 Å². The highest BCUT2D eigenvalue weighted by atomic mass is 19.1. The van der Waals surface area contributed by atoms with Crippen LogP contribution in [0.25, 0.3) is 0 Å². The number of carbonyl (C=O) groups excluding carboxylic acids is 1. The zero-order chi connectivity index (χ0) is 13.4. The van der Waals surface area contributed by atoms with Gasteiger partial charge in [-0.25, -0.2) is 4.39 Å². The topological polar surface area (TPSA) is 64.9 Å². The Labute approximate surface area is 106 Å². The fourth-order valence-corrected chi connectivity index (χ4v) is 1.46. The molecule has 0 bridgehead atoms. The Morgan fingerprint density at radius 1 is 1.56 bits per heavy atom. The Balaban J connectivity index is 2.35. The number of carbonyl (C=O) groups is 1. The predicted octanol–water partition coefficient (Wildman–Crippen LogP) is 1.51. The van der Waals surface area contributed by atoms with Crippen molar-refractivity contribution in [1.29, 1.82) is 5.26 Å². The number of halogens is 1. The Morgan fingerprint density at radius 3 is 3.00 bits per heavy atom. The molecule has 0 fully saturated rings. The van der Waals surface area contributed by atoms with Gasteiger partial charge in [-0.05, 0) is 24.6 Å². The van der Waals surface area contributed by atoms with Crippen LogP contribution in [0, 0.1) is 17.1 Å². The summed E-state index contributed by atoms with van der Waals surface area (Å²) in [4.78, 5) is 11.4. The average Bonchev–Trinajstić information content (AvgIpc) is 2.36. The second-order valence-corrected chi connectivity index (χ2v) is 3.92. The fraction of sp³-hybridized carbons (Fsp3) is 0.385. The lowest BCUT2D eigenvalue weighted by Crippen LogP contribution is -2.35. The van der Waals surface area contributed by atoms with E-state index in [1.165, 1.54) is 12.1 Å². The first-order valence-electron chi connectivity index (χ1n) is 5.76. The van der Waals surface area contributed by atoms with Crippen molar-refractivity contribution in [2.75, 3.05) is 13.1 Å². The quantitative estimate of drug-likeness (QED) is 0.751. The van der Waals surface area contributed by atoms with E-state index in [4.69, 9.17) is 5.26 Å². The lowest BCUT2D eigenvalue weighted by atomic mass is 10.1. The van der Waals surface area contributed by atoms with Gasteiger partial charge in [0.05, 0.1) is 19.0 Å². The van der Waals surface area contributed by atoms with Crippen LogP contribution in [0.2, 0.25) is 0 Å². The third kappa shape index (κ3) is 4.93. The molecule has 1 aromatic rings. The van der Waals surface area contributed by atoms with E-state index in [1.807, 2.05) is 13.0 Å². The number of rotatable bonds is 6. The smallest absolute Gasteiger partial charge is 0.234 e. The number of nitriles is 1. The molecule has 0 saturated heterocycles. The molecule has 1 rings (SSSR count). The second-order valence-electron chi connectivity index (χ2n) is 3.92. The van der Waals surface area contributed by atoms with Gasteiger partial charge >= 0.3 is 0 Å². The maximum Gasteiger partial charge on any atom is 0.234 e. The summed E-state index contributed by atoms with van der Waals surface area (Å²) in [5.74, 6) is -0.465. The Kier molecular flexibility index (Phi) is 5.81. The molecule has 2 N–H and O–H groups in total. The second kappa shape index (κ2) is 7.41. The largest absolute Gasteiger partial charge is 0.354 e. The highest BCUT2D eigenvalue weighted by Gasteiger charge is 2.07. The van der Waals surface area contributed by atoms with Crippen LogP contribution in [-0.2, 0) is 4.79 Å². The molecule has 0 spiro atoms. The number of benzene rings is 1. The minimum absolute atomic E-state index is 0.109. The SMILES string of the molecule is CC(NCC(=O)NCCC#N)c1cccc(F)c1. The molecule has 5 heteroatoms. The lowest BCUT2D eigenvalue weighted by molar-refractivity contribution is -0.120. The van der Waals surface area contributed by atoms with Crippen molar-refractivity contribution >= 4 is 5.91 Å². The van der Waals surface area contributed by atoms with Gasteiger partial charge < -0.3 is 10.6 Å². The van der Waals surface area contributed by atoms with Gasteiger partial charge in [0, 0.05) is 12.6 Å². The van der Waals surface area contributed by atoms with Crippen molar-refractivity contribution in [3.8, 4) is 6.07 Å².